The van der Waals surface area contributed by atoms with E-state index in [0.29, 0.717) is 5.92 Å². The lowest BCUT2D eigenvalue weighted by molar-refractivity contribution is 0.0366. The molecule has 3 heteroatoms. The molecule has 2 aliphatic rings. The molecule has 2 heterocycles. The average Bonchev–Trinajstić information content (AvgIpc) is 2.45. The Morgan fingerprint density at radius 3 is 2.95 bits per heavy atom. The van der Waals surface area contributed by atoms with Gasteiger partial charge in [-0.2, -0.15) is 0 Å². The summed E-state index contributed by atoms with van der Waals surface area (Å²) < 4.78 is 5.97. The van der Waals surface area contributed by atoms with Crippen molar-refractivity contribution in [3.63, 3.8) is 0 Å². The Balaban J connectivity index is 1.59. The zero-order valence-corrected chi connectivity index (χ0v) is 11.6. The number of anilines is 1. The van der Waals surface area contributed by atoms with Crippen LogP contribution in [0, 0.1) is 5.92 Å². The molecule has 3 rings (SSSR count). The summed E-state index contributed by atoms with van der Waals surface area (Å²) in [4.78, 5) is 2.68. The van der Waals surface area contributed by atoms with Crippen LogP contribution in [0.15, 0.2) is 24.3 Å². The summed E-state index contributed by atoms with van der Waals surface area (Å²) >= 11 is 0. The molecule has 0 bridgehead atoms. The van der Waals surface area contributed by atoms with Gasteiger partial charge in [-0.25, -0.2) is 0 Å². The highest BCUT2D eigenvalue weighted by molar-refractivity contribution is 5.43. The van der Waals surface area contributed by atoms with E-state index in [0.717, 1.165) is 24.1 Å². The van der Waals surface area contributed by atoms with Gasteiger partial charge in [-0.1, -0.05) is 12.5 Å². The second-order valence-corrected chi connectivity index (χ2v) is 5.88. The highest BCUT2D eigenvalue weighted by Gasteiger charge is 2.33. The number of piperidine rings is 2. The molecule has 1 aromatic rings. The van der Waals surface area contributed by atoms with Crippen molar-refractivity contribution in [1.29, 1.82) is 0 Å². The van der Waals surface area contributed by atoms with Crippen molar-refractivity contribution in [2.24, 2.45) is 5.92 Å². The summed E-state index contributed by atoms with van der Waals surface area (Å²) in [5, 5.41) is 0. The molecule has 19 heavy (non-hydrogen) atoms. The van der Waals surface area contributed by atoms with Crippen molar-refractivity contribution in [2.45, 2.75) is 38.1 Å². The Bertz CT molecular complexity index is 419. The number of hydrogen-bond acceptors (Lipinski definition) is 3. The summed E-state index contributed by atoms with van der Waals surface area (Å²) in [5.41, 5.74) is 6.56. The number of nitrogens with two attached hydrogens (primary N) is 1. The fraction of sp³-hybridized carbons (Fsp3) is 0.625. The summed E-state index contributed by atoms with van der Waals surface area (Å²) in [6.45, 7) is 3.42. The Labute approximate surface area is 115 Å². The first-order chi connectivity index (χ1) is 9.33. The Morgan fingerprint density at radius 2 is 2.05 bits per heavy atom. The molecule has 2 saturated heterocycles. The number of hydrogen-bond donors (Lipinski definition) is 1. The molecule has 0 aliphatic carbocycles. The maximum absolute atomic E-state index is 5.97. The van der Waals surface area contributed by atoms with Crippen molar-refractivity contribution in [1.82, 2.24) is 4.90 Å². The number of ether oxygens (including phenoxy) is 1. The van der Waals surface area contributed by atoms with Gasteiger partial charge in [-0.05, 0) is 50.9 Å². The van der Waals surface area contributed by atoms with E-state index in [9.17, 15) is 0 Å². The number of benzene rings is 1. The SMILES string of the molecule is Nc1cccc(OC[C@@H]2CCCN3CCCC[C@@H]23)c1. The highest BCUT2D eigenvalue weighted by atomic mass is 16.5. The average molecular weight is 260 g/mol. The van der Waals surface area contributed by atoms with Gasteiger partial charge in [0.25, 0.3) is 0 Å². The van der Waals surface area contributed by atoms with E-state index in [1.54, 1.807) is 0 Å². The number of rotatable bonds is 3. The van der Waals surface area contributed by atoms with E-state index < -0.39 is 0 Å². The molecule has 0 aromatic heterocycles. The first-order valence-electron chi connectivity index (χ1n) is 7.55. The van der Waals surface area contributed by atoms with Crippen LogP contribution in [0.5, 0.6) is 5.75 Å². The highest BCUT2D eigenvalue weighted by Crippen LogP contribution is 2.31. The second-order valence-electron chi connectivity index (χ2n) is 5.88. The van der Waals surface area contributed by atoms with Crippen LogP contribution in [0.3, 0.4) is 0 Å². The third-order valence-electron chi connectivity index (χ3n) is 4.55. The Morgan fingerprint density at radius 1 is 1.16 bits per heavy atom. The monoisotopic (exact) mass is 260 g/mol. The van der Waals surface area contributed by atoms with E-state index in [1.165, 1.54) is 45.2 Å². The lowest BCUT2D eigenvalue weighted by Gasteiger charge is -2.44. The van der Waals surface area contributed by atoms with Crippen molar-refractivity contribution < 1.29 is 4.74 Å². The van der Waals surface area contributed by atoms with Crippen molar-refractivity contribution in [2.75, 3.05) is 25.4 Å². The Hall–Kier alpha value is -1.22. The normalized spacial score (nSPS) is 27.8. The second kappa shape index (κ2) is 5.83. The van der Waals surface area contributed by atoms with Crippen LogP contribution in [0.1, 0.15) is 32.1 Å². The summed E-state index contributed by atoms with van der Waals surface area (Å²) in [6.07, 6.45) is 6.74. The molecule has 0 amide bonds. The third kappa shape index (κ3) is 3.03. The predicted octanol–water partition coefficient (Wildman–Crippen LogP) is 2.91. The smallest absolute Gasteiger partial charge is 0.121 e. The van der Waals surface area contributed by atoms with E-state index >= 15 is 0 Å². The zero-order valence-electron chi connectivity index (χ0n) is 11.6. The van der Waals surface area contributed by atoms with Gasteiger partial charge in [0.15, 0.2) is 0 Å². The molecular weight excluding hydrogens is 236 g/mol. The molecule has 2 aliphatic heterocycles. The Kier molecular flexibility index (Phi) is 3.92. The topological polar surface area (TPSA) is 38.5 Å². The minimum absolute atomic E-state index is 0.690. The molecule has 2 fully saturated rings. The summed E-state index contributed by atoms with van der Waals surface area (Å²) in [5.74, 6) is 1.60. The van der Waals surface area contributed by atoms with Crippen LogP contribution in [0.25, 0.3) is 0 Å². The van der Waals surface area contributed by atoms with Gasteiger partial charge in [-0.3, -0.25) is 4.90 Å². The van der Waals surface area contributed by atoms with Crippen molar-refractivity contribution in [3.8, 4) is 5.75 Å². The molecular formula is C16H24N2O. The molecule has 0 spiro atoms. The van der Waals surface area contributed by atoms with Gasteiger partial charge in [-0.15, -0.1) is 0 Å². The van der Waals surface area contributed by atoms with Crippen LogP contribution >= 0.6 is 0 Å². The van der Waals surface area contributed by atoms with Gasteiger partial charge in [0.2, 0.25) is 0 Å². The number of nitrogen functional groups attached to an aromatic ring is 1. The van der Waals surface area contributed by atoms with Gasteiger partial charge in [0.1, 0.15) is 5.75 Å². The largest absolute Gasteiger partial charge is 0.493 e. The zero-order chi connectivity index (χ0) is 13.1. The van der Waals surface area contributed by atoms with Crippen LogP contribution in [0.2, 0.25) is 0 Å². The molecule has 1 aromatic carbocycles. The molecule has 0 saturated carbocycles. The number of nitrogens with zero attached hydrogens (tertiary/aromatic N) is 1. The lowest BCUT2D eigenvalue weighted by Crippen LogP contribution is -2.49. The van der Waals surface area contributed by atoms with E-state index in [1.807, 2.05) is 24.3 Å². The molecule has 0 radical (unpaired) electrons. The predicted molar refractivity (Wildman–Crippen MR) is 78.3 cm³/mol. The maximum atomic E-state index is 5.97. The van der Waals surface area contributed by atoms with E-state index in [-0.39, 0.29) is 0 Å². The fourth-order valence-electron chi connectivity index (χ4n) is 3.58. The van der Waals surface area contributed by atoms with Crippen molar-refractivity contribution in [3.05, 3.63) is 24.3 Å². The van der Waals surface area contributed by atoms with Gasteiger partial charge in [0.05, 0.1) is 6.61 Å². The van der Waals surface area contributed by atoms with Crippen LogP contribution in [0.4, 0.5) is 5.69 Å². The van der Waals surface area contributed by atoms with E-state index in [4.69, 9.17) is 10.5 Å². The van der Waals surface area contributed by atoms with Crippen LogP contribution < -0.4 is 10.5 Å². The van der Waals surface area contributed by atoms with Crippen molar-refractivity contribution >= 4 is 5.69 Å². The van der Waals surface area contributed by atoms with Gasteiger partial charge >= 0.3 is 0 Å². The molecule has 3 nitrogen and oxygen atoms in total. The standard InChI is InChI=1S/C16H24N2O/c17-14-6-3-7-15(11-14)19-12-13-5-4-10-18-9-2-1-8-16(13)18/h3,6-7,11,13,16H,1-2,4-5,8-10,12,17H2/t13-,16-/m0/s1. The first-order valence-corrected chi connectivity index (χ1v) is 7.55. The maximum Gasteiger partial charge on any atom is 0.121 e. The third-order valence-corrected chi connectivity index (χ3v) is 4.55. The van der Waals surface area contributed by atoms with Gasteiger partial charge in [0, 0.05) is 23.7 Å². The molecule has 2 atom stereocenters. The molecule has 104 valence electrons. The lowest BCUT2D eigenvalue weighted by atomic mass is 9.84. The minimum atomic E-state index is 0.690. The molecule has 2 N–H and O–H groups in total. The summed E-state index contributed by atoms with van der Waals surface area (Å²) in [7, 11) is 0. The number of fused-ring (bicyclic) bond motifs is 1. The quantitative estimate of drug-likeness (QED) is 0.849. The van der Waals surface area contributed by atoms with E-state index in [2.05, 4.69) is 4.90 Å². The van der Waals surface area contributed by atoms with Gasteiger partial charge < -0.3 is 10.5 Å². The first kappa shape index (κ1) is 12.8. The van der Waals surface area contributed by atoms with Crippen LogP contribution in [-0.4, -0.2) is 30.6 Å². The minimum Gasteiger partial charge on any atom is -0.493 e. The summed E-state index contributed by atoms with van der Waals surface area (Å²) in [6, 6.07) is 8.53. The molecule has 0 unspecified atom stereocenters. The van der Waals surface area contributed by atoms with Crippen LogP contribution in [-0.2, 0) is 0 Å². The fourth-order valence-corrected chi connectivity index (χ4v) is 3.58.